The van der Waals surface area contributed by atoms with Gasteiger partial charge in [0.2, 0.25) is 0 Å². The third-order valence-corrected chi connectivity index (χ3v) is 7.61. The maximum atomic E-state index is 2.33. The van der Waals surface area contributed by atoms with Crippen molar-refractivity contribution in [1.29, 1.82) is 0 Å². The highest BCUT2D eigenvalue weighted by Crippen LogP contribution is 2.55. The van der Waals surface area contributed by atoms with Gasteiger partial charge < -0.3 is 0 Å². The predicted octanol–water partition coefficient (Wildman–Crippen LogP) is 7.72. The lowest BCUT2D eigenvalue weighted by Gasteiger charge is -2.26. The van der Waals surface area contributed by atoms with Crippen LogP contribution in [0.15, 0.2) is 80.2 Å². The maximum absolute atomic E-state index is 2.33. The largest absolute Gasteiger partial charge is 0.0888 e. The summed E-state index contributed by atoms with van der Waals surface area (Å²) in [6.45, 7) is 4.35. The Morgan fingerprint density at radius 2 is 0.885 bits per heavy atom. The van der Waals surface area contributed by atoms with Crippen molar-refractivity contribution in [1.82, 2.24) is 0 Å². The van der Waals surface area contributed by atoms with Crippen LogP contribution in [0.3, 0.4) is 0 Å². The van der Waals surface area contributed by atoms with Crippen LogP contribution in [0.5, 0.6) is 0 Å². The van der Waals surface area contributed by atoms with Crippen LogP contribution < -0.4 is 0 Å². The Morgan fingerprint density at radius 3 is 1.35 bits per heavy atom. The molecule has 0 bridgehead atoms. The van der Waals surface area contributed by atoms with Crippen LogP contribution in [0.4, 0.5) is 0 Å². The lowest BCUT2D eigenvalue weighted by Crippen LogP contribution is -1.99. The van der Waals surface area contributed by atoms with Crippen LogP contribution in [0.25, 0.3) is 33.0 Å². The summed E-state index contributed by atoms with van der Waals surface area (Å²) in [6, 6.07) is 23.0. The Bertz CT molecular complexity index is 1150. The molecule has 6 rings (SSSR count). The van der Waals surface area contributed by atoms with E-state index in [0.717, 1.165) is 0 Å². The van der Waals surface area contributed by atoms with Crippen molar-refractivity contribution in [3.8, 4) is 22.3 Å². The average molecular weight is 369 g/mol. The standard InChI is InChI=1S/C24H16S2/c1-13-3-5-15-17-7-8-18-16-6-4-14(2)12-22(16)26-20-10-9-19(23(17)24(18)20)25-21(15)11-13/h3-12H,1-2H3. The minimum Gasteiger partial charge on any atom is -0.0888 e. The van der Waals surface area contributed by atoms with E-state index in [2.05, 4.69) is 74.5 Å². The molecule has 0 spiro atoms. The van der Waals surface area contributed by atoms with E-state index >= 15 is 0 Å². The molecule has 26 heavy (non-hydrogen) atoms. The van der Waals surface area contributed by atoms with Crippen LogP contribution in [0.1, 0.15) is 11.1 Å². The fourth-order valence-corrected chi connectivity index (χ4v) is 6.60. The molecule has 2 aliphatic heterocycles. The van der Waals surface area contributed by atoms with E-state index < -0.39 is 0 Å². The van der Waals surface area contributed by atoms with E-state index in [0.29, 0.717) is 0 Å². The van der Waals surface area contributed by atoms with E-state index in [-0.39, 0.29) is 0 Å². The lowest BCUT2D eigenvalue weighted by molar-refractivity contribution is 1.31. The van der Waals surface area contributed by atoms with Gasteiger partial charge in [-0.2, -0.15) is 0 Å². The van der Waals surface area contributed by atoms with Crippen LogP contribution in [0, 0.1) is 13.8 Å². The van der Waals surface area contributed by atoms with Gasteiger partial charge in [0, 0.05) is 30.4 Å². The molecular weight excluding hydrogens is 352 g/mol. The van der Waals surface area contributed by atoms with Gasteiger partial charge in [0.1, 0.15) is 0 Å². The zero-order chi connectivity index (χ0) is 17.4. The second-order valence-electron chi connectivity index (χ2n) is 7.18. The van der Waals surface area contributed by atoms with Gasteiger partial charge in [0.05, 0.1) is 0 Å². The fraction of sp³-hybridized carbons (Fsp3) is 0.0833. The maximum Gasteiger partial charge on any atom is 0.0208 e. The highest BCUT2D eigenvalue weighted by molar-refractivity contribution is 8.00. The van der Waals surface area contributed by atoms with Crippen molar-refractivity contribution in [3.63, 3.8) is 0 Å². The molecule has 0 amide bonds. The minimum absolute atomic E-state index is 1.32. The Hall–Kier alpha value is -2.16. The third kappa shape index (κ3) is 1.94. The summed E-state index contributed by atoms with van der Waals surface area (Å²) in [6.07, 6.45) is 0. The summed E-state index contributed by atoms with van der Waals surface area (Å²) in [5.41, 5.74) is 8.15. The summed E-state index contributed by atoms with van der Waals surface area (Å²) >= 11 is 3.83. The number of rotatable bonds is 0. The van der Waals surface area contributed by atoms with E-state index in [1.54, 1.807) is 0 Å². The Kier molecular flexibility index (Phi) is 2.98. The van der Waals surface area contributed by atoms with Crippen molar-refractivity contribution in [2.75, 3.05) is 0 Å². The lowest BCUT2D eigenvalue weighted by atomic mass is 9.91. The summed E-state index contributed by atoms with van der Waals surface area (Å²) in [5.74, 6) is 0. The molecular formula is C24H16S2. The zero-order valence-electron chi connectivity index (χ0n) is 14.6. The van der Waals surface area contributed by atoms with Crippen LogP contribution in [-0.2, 0) is 0 Å². The molecule has 0 aromatic heterocycles. The highest BCUT2D eigenvalue weighted by atomic mass is 32.2. The third-order valence-electron chi connectivity index (χ3n) is 5.38. The first-order chi connectivity index (χ1) is 12.7. The van der Waals surface area contributed by atoms with E-state index in [1.807, 2.05) is 23.5 Å². The molecule has 4 aromatic rings. The SMILES string of the molecule is Cc1ccc2c(c1)Sc1ccc3c4c(ccc-2c14)-c1ccc(C)cc1S3. The fourth-order valence-electron chi connectivity index (χ4n) is 4.16. The molecule has 0 saturated carbocycles. The number of hydrogen-bond acceptors (Lipinski definition) is 2. The molecule has 2 aliphatic rings. The van der Waals surface area contributed by atoms with Gasteiger partial charge in [-0.3, -0.25) is 0 Å². The Labute approximate surface area is 161 Å². The second kappa shape index (κ2) is 5.18. The topological polar surface area (TPSA) is 0 Å². The summed E-state index contributed by atoms with van der Waals surface area (Å²) in [4.78, 5) is 5.52. The summed E-state index contributed by atoms with van der Waals surface area (Å²) in [5, 5.41) is 2.86. The van der Waals surface area contributed by atoms with Gasteiger partial charge in [-0.1, -0.05) is 59.9 Å². The van der Waals surface area contributed by atoms with Gasteiger partial charge in [-0.15, -0.1) is 0 Å². The summed E-state index contributed by atoms with van der Waals surface area (Å²) in [7, 11) is 0. The first-order valence-corrected chi connectivity index (χ1v) is 10.5. The molecule has 0 unspecified atom stereocenters. The first-order valence-electron chi connectivity index (χ1n) is 8.86. The van der Waals surface area contributed by atoms with Gasteiger partial charge in [-0.25, -0.2) is 0 Å². The second-order valence-corrected chi connectivity index (χ2v) is 9.34. The molecule has 2 heterocycles. The smallest absolute Gasteiger partial charge is 0.0208 e. The first kappa shape index (κ1) is 15.0. The molecule has 0 fully saturated rings. The molecule has 0 radical (unpaired) electrons. The van der Waals surface area contributed by atoms with Crippen molar-refractivity contribution >= 4 is 34.3 Å². The number of aryl methyl sites for hydroxylation is 2. The monoisotopic (exact) mass is 368 g/mol. The van der Waals surface area contributed by atoms with Gasteiger partial charge in [0.15, 0.2) is 0 Å². The van der Waals surface area contributed by atoms with Crippen molar-refractivity contribution in [2.24, 2.45) is 0 Å². The van der Waals surface area contributed by atoms with Gasteiger partial charge in [0.25, 0.3) is 0 Å². The Balaban J connectivity index is 1.74. The van der Waals surface area contributed by atoms with Crippen molar-refractivity contribution in [2.45, 2.75) is 33.4 Å². The van der Waals surface area contributed by atoms with Crippen LogP contribution >= 0.6 is 23.5 Å². The van der Waals surface area contributed by atoms with Gasteiger partial charge >= 0.3 is 0 Å². The molecule has 0 atom stereocenters. The minimum atomic E-state index is 1.32. The Morgan fingerprint density at radius 1 is 0.462 bits per heavy atom. The molecule has 0 aliphatic carbocycles. The highest BCUT2D eigenvalue weighted by Gasteiger charge is 2.26. The zero-order valence-corrected chi connectivity index (χ0v) is 16.2. The molecule has 4 aromatic carbocycles. The number of hydrogen-bond donors (Lipinski definition) is 0. The molecule has 124 valence electrons. The summed E-state index contributed by atoms with van der Waals surface area (Å²) < 4.78 is 0. The van der Waals surface area contributed by atoms with Crippen molar-refractivity contribution < 1.29 is 0 Å². The van der Waals surface area contributed by atoms with E-state index in [4.69, 9.17) is 0 Å². The van der Waals surface area contributed by atoms with E-state index in [9.17, 15) is 0 Å². The van der Waals surface area contributed by atoms with Crippen LogP contribution in [-0.4, -0.2) is 0 Å². The number of benzene rings is 4. The van der Waals surface area contributed by atoms with Crippen molar-refractivity contribution in [3.05, 3.63) is 71.8 Å². The predicted molar refractivity (Wildman–Crippen MR) is 113 cm³/mol. The van der Waals surface area contributed by atoms with E-state index in [1.165, 1.54) is 63.7 Å². The van der Waals surface area contributed by atoms with Gasteiger partial charge in [-0.05, 0) is 71.5 Å². The van der Waals surface area contributed by atoms with Crippen LogP contribution in [0.2, 0.25) is 0 Å². The number of fused-ring (bicyclic) bond motifs is 4. The quantitative estimate of drug-likeness (QED) is 0.269. The molecule has 0 saturated heterocycles. The molecule has 2 heteroatoms. The molecule has 0 nitrogen and oxygen atoms in total. The molecule has 0 N–H and O–H groups in total. The average Bonchev–Trinajstić information content (AvgIpc) is 2.64. The normalized spacial score (nSPS) is 13.5.